The lowest BCUT2D eigenvalue weighted by molar-refractivity contribution is -0.137. The number of unbranched alkanes of at least 4 members (excludes halogenated alkanes) is 3. The third-order valence-electron chi connectivity index (χ3n) is 4.36. The molecule has 1 aliphatic heterocycles. The highest BCUT2D eigenvalue weighted by molar-refractivity contribution is 6.04. The van der Waals surface area contributed by atoms with Gasteiger partial charge >= 0.3 is 12.0 Å². The Morgan fingerprint density at radius 2 is 1.96 bits per heavy atom. The standard InChI is InChI=1S/C19H25N3O5/c1-27-16(14-9-5-4-6-10-14)13-20-22-15(18(25)21-19(22)26)11-7-2-3-8-12-17(23)24/h4-6,9-10,13,15-16H,2-3,7-8,11-12H2,1H3,(H,23,24)(H,21,25,26). The third kappa shape index (κ3) is 6.18. The summed E-state index contributed by atoms with van der Waals surface area (Å²) in [5.74, 6) is -1.17. The third-order valence-corrected chi connectivity index (χ3v) is 4.36. The van der Waals surface area contributed by atoms with E-state index >= 15 is 0 Å². The number of nitrogens with one attached hydrogen (secondary N) is 1. The number of carbonyl (C=O) groups is 3. The minimum Gasteiger partial charge on any atom is -0.481 e. The Hall–Kier alpha value is -2.74. The van der Waals surface area contributed by atoms with E-state index in [1.54, 1.807) is 7.11 Å². The fourth-order valence-corrected chi connectivity index (χ4v) is 2.91. The maximum Gasteiger partial charge on any atom is 0.345 e. The molecule has 2 rings (SSSR count). The van der Waals surface area contributed by atoms with Gasteiger partial charge in [-0.15, -0.1) is 0 Å². The van der Waals surface area contributed by atoms with Crippen LogP contribution in [0.3, 0.4) is 0 Å². The number of aliphatic carboxylic acids is 1. The Balaban J connectivity index is 1.91. The molecule has 1 aromatic rings. The number of urea groups is 1. The van der Waals surface area contributed by atoms with Crippen molar-refractivity contribution < 1.29 is 24.2 Å². The molecule has 0 radical (unpaired) electrons. The van der Waals surface area contributed by atoms with Crippen LogP contribution in [0.2, 0.25) is 0 Å². The van der Waals surface area contributed by atoms with Gasteiger partial charge in [-0.05, 0) is 18.4 Å². The molecular formula is C19H25N3O5. The van der Waals surface area contributed by atoms with Gasteiger partial charge in [0.25, 0.3) is 5.91 Å². The van der Waals surface area contributed by atoms with E-state index in [9.17, 15) is 14.4 Å². The Morgan fingerprint density at radius 1 is 1.26 bits per heavy atom. The fraction of sp³-hybridized carbons (Fsp3) is 0.474. The Labute approximate surface area is 158 Å². The SMILES string of the molecule is COC(C=NN1C(=O)NC(=O)C1CCCCCCC(=O)O)c1ccccc1. The van der Waals surface area contributed by atoms with E-state index in [4.69, 9.17) is 9.84 Å². The summed E-state index contributed by atoms with van der Waals surface area (Å²) in [7, 11) is 1.55. The van der Waals surface area contributed by atoms with Crippen LogP contribution in [0.25, 0.3) is 0 Å². The van der Waals surface area contributed by atoms with Gasteiger partial charge in [0.15, 0.2) is 0 Å². The first kappa shape index (κ1) is 20.6. The topological polar surface area (TPSA) is 108 Å². The number of nitrogens with zero attached hydrogens (tertiary/aromatic N) is 2. The number of amides is 3. The zero-order valence-electron chi connectivity index (χ0n) is 15.3. The number of ether oxygens (including phenoxy) is 1. The van der Waals surface area contributed by atoms with Gasteiger partial charge in [-0.2, -0.15) is 5.10 Å². The van der Waals surface area contributed by atoms with Crippen LogP contribution in [-0.2, 0) is 14.3 Å². The number of hydrogen-bond acceptors (Lipinski definition) is 5. The molecule has 146 valence electrons. The van der Waals surface area contributed by atoms with Gasteiger partial charge in [0.05, 0.1) is 6.21 Å². The molecular weight excluding hydrogens is 350 g/mol. The van der Waals surface area contributed by atoms with Crippen molar-refractivity contribution in [1.29, 1.82) is 0 Å². The van der Waals surface area contributed by atoms with E-state index < -0.39 is 24.1 Å². The van der Waals surface area contributed by atoms with Crippen LogP contribution >= 0.6 is 0 Å². The second kappa shape index (κ2) is 10.4. The Bertz CT molecular complexity index is 677. The molecule has 0 saturated carbocycles. The maximum atomic E-state index is 12.0. The summed E-state index contributed by atoms with van der Waals surface area (Å²) in [4.78, 5) is 34.5. The molecule has 0 aliphatic carbocycles. The first-order valence-corrected chi connectivity index (χ1v) is 9.00. The zero-order valence-corrected chi connectivity index (χ0v) is 15.3. The molecule has 2 unspecified atom stereocenters. The summed E-state index contributed by atoms with van der Waals surface area (Å²) in [6.07, 6.45) is 4.61. The van der Waals surface area contributed by atoms with Gasteiger partial charge in [0.2, 0.25) is 0 Å². The molecule has 1 aromatic carbocycles. The average Bonchev–Trinajstić information content (AvgIpc) is 2.92. The minimum absolute atomic E-state index is 0.150. The largest absolute Gasteiger partial charge is 0.481 e. The van der Waals surface area contributed by atoms with Crippen LogP contribution < -0.4 is 5.32 Å². The van der Waals surface area contributed by atoms with Gasteiger partial charge in [-0.1, -0.05) is 49.6 Å². The van der Waals surface area contributed by atoms with E-state index in [1.807, 2.05) is 30.3 Å². The molecule has 3 amide bonds. The van der Waals surface area contributed by atoms with Crippen LogP contribution in [-0.4, -0.2) is 47.4 Å². The van der Waals surface area contributed by atoms with E-state index in [1.165, 1.54) is 6.21 Å². The summed E-state index contributed by atoms with van der Waals surface area (Å²) in [6, 6.07) is 8.25. The van der Waals surface area contributed by atoms with Crippen molar-refractivity contribution >= 4 is 24.1 Å². The van der Waals surface area contributed by atoms with Crippen molar-refractivity contribution in [3.8, 4) is 0 Å². The minimum atomic E-state index is -0.803. The van der Waals surface area contributed by atoms with Gasteiger partial charge in [0, 0.05) is 13.5 Å². The molecule has 2 N–H and O–H groups in total. The molecule has 1 saturated heterocycles. The highest BCUT2D eigenvalue weighted by Gasteiger charge is 2.38. The first-order chi connectivity index (χ1) is 13.0. The van der Waals surface area contributed by atoms with E-state index in [-0.39, 0.29) is 12.3 Å². The van der Waals surface area contributed by atoms with Crippen LogP contribution in [0, 0.1) is 0 Å². The number of hydrogen-bond donors (Lipinski definition) is 2. The van der Waals surface area contributed by atoms with Gasteiger partial charge in [-0.3, -0.25) is 14.9 Å². The highest BCUT2D eigenvalue weighted by atomic mass is 16.5. The monoisotopic (exact) mass is 375 g/mol. The number of carbonyl (C=O) groups excluding carboxylic acids is 2. The number of imide groups is 1. The van der Waals surface area contributed by atoms with Gasteiger partial charge in [0.1, 0.15) is 12.1 Å². The second-order valence-corrected chi connectivity index (χ2v) is 6.33. The van der Waals surface area contributed by atoms with Crippen molar-refractivity contribution in [3.63, 3.8) is 0 Å². The number of rotatable bonds is 11. The van der Waals surface area contributed by atoms with Crippen LogP contribution in [0.15, 0.2) is 35.4 Å². The summed E-state index contributed by atoms with van der Waals surface area (Å²) in [5, 5.41) is 16.3. The first-order valence-electron chi connectivity index (χ1n) is 9.00. The fourth-order valence-electron chi connectivity index (χ4n) is 2.91. The lowest BCUT2D eigenvalue weighted by atomic mass is 10.1. The molecule has 2 atom stereocenters. The smallest absolute Gasteiger partial charge is 0.345 e. The summed E-state index contributed by atoms with van der Waals surface area (Å²) in [6.45, 7) is 0. The number of carboxylic acids is 1. The molecule has 1 aliphatic rings. The van der Waals surface area contributed by atoms with Crippen LogP contribution in [0.4, 0.5) is 4.79 Å². The predicted molar refractivity (Wildman–Crippen MR) is 99.2 cm³/mol. The Kier molecular flexibility index (Phi) is 7.94. The summed E-state index contributed by atoms with van der Waals surface area (Å²) >= 11 is 0. The quantitative estimate of drug-likeness (QED) is 0.351. The van der Waals surface area contributed by atoms with Gasteiger partial charge < -0.3 is 9.84 Å². The molecule has 1 heterocycles. The molecule has 8 heteroatoms. The van der Waals surface area contributed by atoms with Crippen molar-refractivity contribution in [1.82, 2.24) is 10.3 Å². The van der Waals surface area contributed by atoms with E-state index in [2.05, 4.69) is 10.4 Å². The molecule has 0 aromatic heterocycles. The van der Waals surface area contributed by atoms with Crippen LogP contribution in [0.5, 0.6) is 0 Å². The summed E-state index contributed by atoms with van der Waals surface area (Å²) < 4.78 is 5.40. The molecule has 0 bridgehead atoms. The number of hydrazone groups is 1. The number of methoxy groups -OCH3 is 1. The Morgan fingerprint density at radius 3 is 2.63 bits per heavy atom. The molecule has 27 heavy (non-hydrogen) atoms. The van der Waals surface area contributed by atoms with E-state index in [0.29, 0.717) is 19.3 Å². The van der Waals surface area contributed by atoms with Crippen molar-refractivity contribution in [2.24, 2.45) is 5.10 Å². The van der Waals surface area contributed by atoms with Crippen molar-refractivity contribution in [3.05, 3.63) is 35.9 Å². The van der Waals surface area contributed by atoms with Gasteiger partial charge in [-0.25, -0.2) is 9.80 Å². The highest BCUT2D eigenvalue weighted by Crippen LogP contribution is 2.19. The van der Waals surface area contributed by atoms with Crippen LogP contribution in [0.1, 0.15) is 50.2 Å². The zero-order chi connectivity index (χ0) is 19.6. The molecule has 0 spiro atoms. The van der Waals surface area contributed by atoms with E-state index in [0.717, 1.165) is 23.4 Å². The predicted octanol–water partition coefficient (Wildman–Crippen LogP) is 2.71. The second-order valence-electron chi connectivity index (χ2n) is 6.33. The maximum absolute atomic E-state index is 12.0. The van der Waals surface area contributed by atoms with Crippen molar-refractivity contribution in [2.45, 2.75) is 50.7 Å². The number of carboxylic acid groups (broad SMARTS) is 1. The average molecular weight is 375 g/mol. The molecule has 8 nitrogen and oxygen atoms in total. The summed E-state index contributed by atoms with van der Waals surface area (Å²) in [5.41, 5.74) is 0.893. The normalized spacial score (nSPS) is 18.1. The number of benzene rings is 1. The molecule has 1 fully saturated rings. The lowest BCUT2D eigenvalue weighted by Crippen LogP contribution is -2.31. The van der Waals surface area contributed by atoms with Crippen molar-refractivity contribution in [2.75, 3.05) is 7.11 Å². The lowest BCUT2D eigenvalue weighted by Gasteiger charge is -2.17.